The van der Waals surface area contributed by atoms with Crippen LogP contribution in [-0.4, -0.2) is 24.1 Å². The van der Waals surface area contributed by atoms with E-state index in [4.69, 9.17) is 0 Å². The molecule has 1 N–H and O–H groups in total. The lowest BCUT2D eigenvalue weighted by Gasteiger charge is -2.23. The van der Waals surface area contributed by atoms with Crippen molar-refractivity contribution in [2.45, 2.75) is 18.9 Å². The van der Waals surface area contributed by atoms with E-state index in [1.54, 1.807) is 0 Å². The third-order valence-corrected chi connectivity index (χ3v) is 3.58. The van der Waals surface area contributed by atoms with Crippen molar-refractivity contribution < 1.29 is 0 Å². The first kappa shape index (κ1) is 6.05. The Morgan fingerprint density at radius 1 is 1.33 bits per heavy atom. The Morgan fingerprint density at radius 3 is 3.22 bits per heavy atom. The zero-order valence-corrected chi connectivity index (χ0v) is 6.41. The first-order chi connectivity index (χ1) is 4.47. The fourth-order valence-electron chi connectivity index (χ4n) is 1.80. The summed E-state index contributed by atoms with van der Waals surface area (Å²) in [5.41, 5.74) is 0. The largest absolute Gasteiger partial charge is 0.314 e. The maximum Gasteiger partial charge on any atom is 0.0111 e. The van der Waals surface area contributed by atoms with Gasteiger partial charge in [0, 0.05) is 6.04 Å². The molecule has 9 heavy (non-hydrogen) atoms. The summed E-state index contributed by atoms with van der Waals surface area (Å²) in [5.74, 6) is 3.81. The summed E-state index contributed by atoms with van der Waals surface area (Å²) in [6, 6.07) is 0.895. The lowest BCUT2D eigenvalue weighted by atomic mass is 10.0. The quantitative estimate of drug-likeness (QED) is 0.545. The summed E-state index contributed by atoms with van der Waals surface area (Å²) in [6.45, 7) is 1.27. The fourth-order valence-corrected chi connectivity index (χ4v) is 3.09. The van der Waals surface area contributed by atoms with Crippen molar-refractivity contribution in [1.82, 2.24) is 5.32 Å². The van der Waals surface area contributed by atoms with Crippen molar-refractivity contribution >= 4 is 11.8 Å². The van der Waals surface area contributed by atoms with Crippen LogP contribution in [0.2, 0.25) is 0 Å². The van der Waals surface area contributed by atoms with E-state index in [1.807, 2.05) is 0 Å². The summed E-state index contributed by atoms with van der Waals surface area (Å²) >= 11 is 2.13. The highest BCUT2D eigenvalue weighted by atomic mass is 32.2. The molecule has 2 rings (SSSR count). The van der Waals surface area contributed by atoms with E-state index in [0.29, 0.717) is 0 Å². The second-order valence-electron chi connectivity index (χ2n) is 2.97. The van der Waals surface area contributed by atoms with Gasteiger partial charge in [-0.25, -0.2) is 0 Å². The first-order valence-electron chi connectivity index (χ1n) is 3.78. The Bertz CT molecular complexity index is 93.1. The van der Waals surface area contributed by atoms with E-state index in [0.717, 1.165) is 12.0 Å². The second-order valence-corrected chi connectivity index (χ2v) is 4.12. The fraction of sp³-hybridized carbons (Fsp3) is 1.00. The minimum atomic E-state index is 0.895. The number of nitrogens with one attached hydrogen (secondary N) is 1. The molecule has 0 aromatic heterocycles. The van der Waals surface area contributed by atoms with Gasteiger partial charge < -0.3 is 5.32 Å². The van der Waals surface area contributed by atoms with E-state index in [2.05, 4.69) is 17.1 Å². The monoisotopic (exact) mass is 143 g/mol. The molecule has 0 saturated carbocycles. The molecule has 2 aliphatic rings. The molecule has 0 aliphatic carbocycles. The molecule has 2 aliphatic heterocycles. The van der Waals surface area contributed by atoms with Gasteiger partial charge in [-0.15, -0.1) is 0 Å². The van der Waals surface area contributed by atoms with Gasteiger partial charge in [-0.2, -0.15) is 11.8 Å². The summed E-state index contributed by atoms with van der Waals surface area (Å²) in [5, 5.41) is 3.55. The van der Waals surface area contributed by atoms with Gasteiger partial charge in [0.25, 0.3) is 0 Å². The number of rotatable bonds is 0. The van der Waals surface area contributed by atoms with E-state index < -0.39 is 0 Å². The lowest BCUT2D eigenvalue weighted by Crippen LogP contribution is -2.31. The summed E-state index contributed by atoms with van der Waals surface area (Å²) in [7, 11) is 0. The maximum absolute atomic E-state index is 3.55. The number of thioether (sulfide) groups is 1. The molecule has 2 unspecified atom stereocenters. The van der Waals surface area contributed by atoms with Crippen LogP contribution in [0.1, 0.15) is 12.8 Å². The second kappa shape index (κ2) is 2.51. The van der Waals surface area contributed by atoms with E-state index in [1.165, 1.54) is 30.9 Å². The molecule has 0 amide bonds. The van der Waals surface area contributed by atoms with E-state index in [9.17, 15) is 0 Å². The van der Waals surface area contributed by atoms with E-state index in [-0.39, 0.29) is 0 Å². The van der Waals surface area contributed by atoms with Crippen molar-refractivity contribution in [3.05, 3.63) is 0 Å². The topological polar surface area (TPSA) is 12.0 Å². The highest BCUT2D eigenvalue weighted by Crippen LogP contribution is 2.28. The van der Waals surface area contributed by atoms with Crippen molar-refractivity contribution in [2.75, 3.05) is 18.1 Å². The summed E-state index contributed by atoms with van der Waals surface area (Å²) in [4.78, 5) is 0. The van der Waals surface area contributed by atoms with Crippen LogP contribution in [0.3, 0.4) is 0 Å². The molecule has 0 aromatic rings. The van der Waals surface area contributed by atoms with Crippen molar-refractivity contribution in [2.24, 2.45) is 5.92 Å². The van der Waals surface area contributed by atoms with Crippen LogP contribution in [-0.2, 0) is 0 Å². The lowest BCUT2D eigenvalue weighted by molar-refractivity contribution is 0.468. The Kier molecular flexibility index (Phi) is 1.68. The minimum Gasteiger partial charge on any atom is -0.314 e. The molecule has 1 nitrogen and oxygen atoms in total. The zero-order valence-electron chi connectivity index (χ0n) is 5.60. The van der Waals surface area contributed by atoms with Gasteiger partial charge in [-0.05, 0) is 36.8 Å². The Hall–Kier alpha value is 0.310. The molecule has 52 valence electrons. The Labute approximate surface area is 60.6 Å². The Morgan fingerprint density at radius 2 is 2.33 bits per heavy atom. The molecule has 2 atom stereocenters. The van der Waals surface area contributed by atoms with Crippen molar-refractivity contribution in [3.8, 4) is 0 Å². The van der Waals surface area contributed by atoms with Gasteiger partial charge >= 0.3 is 0 Å². The third-order valence-electron chi connectivity index (χ3n) is 2.40. The molecule has 0 spiro atoms. The van der Waals surface area contributed by atoms with Gasteiger partial charge in [0.05, 0.1) is 0 Å². The molecular weight excluding hydrogens is 130 g/mol. The van der Waals surface area contributed by atoms with Gasteiger partial charge in [-0.3, -0.25) is 0 Å². The zero-order chi connectivity index (χ0) is 6.10. The normalized spacial score (nSPS) is 42.7. The van der Waals surface area contributed by atoms with Gasteiger partial charge in [0.2, 0.25) is 0 Å². The molecule has 2 heteroatoms. The third kappa shape index (κ3) is 1.10. The van der Waals surface area contributed by atoms with Gasteiger partial charge in [0.15, 0.2) is 0 Å². The standard InChI is InChI=1S/C7H13NS/c1-3-8-7-2-4-9-5-6(1)7/h6-8H,1-5H2. The predicted octanol–water partition coefficient (Wildman–Crippen LogP) is 1.10. The van der Waals surface area contributed by atoms with Crippen LogP contribution >= 0.6 is 11.8 Å². The SMILES string of the molecule is C1CC2CSCCC2N1. The van der Waals surface area contributed by atoms with Crippen LogP contribution in [0, 0.1) is 5.92 Å². The average molecular weight is 143 g/mol. The smallest absolute Gasteiger partial charge is 0.0111 e. The number of hydrogen-bond donors (Lipinski definition) is 1. The van der Waals surface area contributed by atoms with Crippen LogP contribution in [0.5, 0.6) is 0 Å². The van der Waals surface area contributed by atoms with Gasteiger partial charge in [-0.1, -0.05) is 0 Å². The molecule has 2 saturated heterocycles. The first-order valence-corrected chi connectivity index (χ1v) is 4.93. The number of fused-ring (bicyclic) bond motifs is 1. The predicted molar refractivity (Wildman–Crippen MR) is 41.8 cm³/mol. The molecular formula is C7H13NS. The highest BCUT2D eigenvalue weighted by molar-refractivity contribution is 7.99. The maximum atomic E-state index is 3.55. The summed E-state index contributed by atoms with van der Waals surface area (Å²) < 4.78 is 0. The molecule has 0 aromatic carbocycles. The van der Waals surface area contributed by atoms with E-state index >= 15 is 0 Å². The molecule has 0 radical (unpaired) electrons. The molecule has 0 bridgehead atoms. The van der Waals surface area contributed by atoms with Crippen LogP contribution < -0.4 is 5.32 Å². The van der Waals surface area contributed by atoms with Crippen LogP contribution in [0.4, 0.5) is 0 Å². The van der Waals surface area contributed by atoms with Crippen molar-refractivity contribution in [3.63, 3.8) is 0 Å². The van der Waals surface area contributed by atoms with Crippen LogP contribution in [0.25, 0.3) is 0 Å². The average Bonchev–Trinajstić information content (AvgIpc) is 2.33. The van der Waals surface area contributed by atoms with Gasteiger partial charge in [0.1, 0.15) is 0 Å². The van der Waals surface area contributed by atoms with Crippen LogP contribution in [0.15, 0.2) is 0 Å². The Balaban J connectivity index is 1.97. The number of hydrogen-bond acceptors (Lipinski definition) is 2. The molecule has 2 heterocycles. The summed E-state index contributed by atoms with van der Waals surface area (Å²) in [6.07, 6.45) is 2.84. The minimum absolute atomic E-state index is 0.895. The molecule has 2 fully saturated rings. The van der Waals surface area contributed by atoms with Crippen molar-refractivity contribution in [1.29, 1.82) is 0 Å². The highest BCUT2D eigenvalue weighted by Gasteiger charge is 2.28.